The van der Waals surface area contributed by atoms with Crippen LogP contribution in [-0.4, -0.2) is 9.38 Å². The molecule has 0 unspecified atom stereocenters. The molecule has 0 radical (unpaired) electrons. The fourth-order valence-corrected chi connectivity index (χ4v) is 2.54. The van der Waals surface area contributed by atoms with Crippen LogP contribution in [0.3, 0.4) is 0 Å². The van der Waals surface area contributed by atoms with E-state index >= 15 is 0 Å². The van der Waals surface area contributed by atoms with Gasteiger partial charge in [-0.3, -0.25) is 4.40 Å². The molecule has 0 spiro atoms. The van der Waals surface area contributed by atoms with Crippen molar-refractivity contribution < 1.29 is 0 Å². The molecule has 0 saturated carbocycles. The van der Waals surface area contributed by atoms with Gasteiger partial charge < -0.3 is 0 Å². The van der Waals surface area contributed by atoms with Crippen molar-refractivity contribution >= 4 is 21.6 Å². The van der Waals surface area contributed by atoms with Gasteiger partial charge >= 0.3 is 0 Å². The molecule has 82 valence electrons. The van der Waals surface area contributed by atoms with Crippen LogP contribution in [-0.2, 0) is 6.42 Å². The quantitative estimate of drug-likeness (QED) is 0.804. The van der Waals surface area contributed by atoms with Crippen LogP contribution in [0, 0.1) is 25.2 Å². The van der Waals surface area contributed by atoms with E-state index in [4.69, 9.17) is 5.26 Å². The number of hydrogen-bond acceptors (Lipinski definition) is 2. The topological polar surface area (TPSA) is 41.1 Å². The molecule has 0 bridgehead atoms. The van der Waals surface area contributed by atoms with Gasteiger partial charge in [-0.05, 0) is 41.8 Å². The Labute approximate surface area is 103 Å². The van der Waals surface area contributed by atoms with E-state index in [2.05, 4.69) is 33.9 Å². The normalized spacial score (nSPS) is 10.7. The predicted molar refractivity (Wildman–Crippen MR) is 66.5 cm³/mol. The summed E-state index contributed by atoms with van der Waals surface area (Å²) in [5.41, 5.74) is 4.55. The lowest BCUT2D eigenvalue weighted by molar-refractivity contribution is 1.04. The van der Waals surface area contributed by atoms with Crippen molar-refractivity contribution in [1.82, 2.24) is 9.38 Å². The Morgan fingerprint density at radius 2 is 2.19 bits per heavy atom. The molecule has 0 aliphatic heterocycles. The number of nitrogens with zero attached hydrogens (tertiary/aromatic N) is 3. The van der Waals surface area contributed by atoms with Gasteiger partial charge in [-0.15, -0.1) is 0 Å². The largest absolute Gasteiger partial charge is 0.293 e. The monoisotopic (exact) mass is 277 g/mol. The third-order valence-electron chi connectivity index (χ3n) is 2.79. The second kappa shape index (κ2) is 3.91. The number of nitriles is 1. The Bertz CT molecular complexity index is 605. The fourth-order valence-electron chi connectivity index (χ4n) is 1.90. The van der Waals surface area contributed by atoms with E-state index in [-0.39, 0.29) is 0 Å². The number of rotatable bonds is 1. The minimum absolute atomic E-state index is 0.729. The lowest BCUT2D eigenvalue weighted by atomic mass is 10.1. The van der Waals surface area contributed by atoms with Crippen molar-refractivity contribution in [2.24, 2.45) is 0 Å². The molecule has 0 atom stereocenters. The SMILES string of the molecule is CCc1nc2c(C)c(C#N)c(C)cn2c1Br. The van der Waals surface area contributed by atoms with Crippen molar-refractivity contribution in [3.05, 3.63) is 33.2 Å². The first kappa shape index (κ1) is 11.2. The van der Waals surface area contributed by atoms with Crippen molar-refractivity contribution in [1.29, 1.82) is 5.26 Å². The van der Waals surface area contributed by atoms with Gasteiger partial charge in [0.25, 0.3) is 0 Å². The maximum atomic E-state index is 9.09. The van der Waals surface area contributed by atoms with Gasteiger partial charge in [0.2, 0.25) is 0 Å². The van der Waals surface area contributed by atoms with Crippen LogP contribution >= 0.6 is 15.9 Å². The lowest BCUT2D eigenvalue weighted by Gasteiger charge is -2.04. The highest BCUT2D eigenvalue weighted by atomic mass is 79.9. The van der Waals surface area contributed by atoms with E-state index < -0.39 is 0 Å². The van der Waals surface area contributed by atoms with Gasteiger partial charge in [0, 0.05) is 11.8 Å². The summed E-state index contributed by atoms with van der Waals surface area (Å²) >= 11 is 3.54. The number of hydrogen-bond donors (Lipinski definition) is 0. The number of imidazole rings is 1. The Morgan fingerprint density at radius 1 is 1.50 bits per heavy atom. The van der Waals surface area contributed by atoms with Gasteiger partial charge in [-0.25, -0.2) is 4.98 Å². The highest BCUT2D eigenvalue weighted by Gasteiger charge is 2.14. The number of pyridine rings is 1. The standard InChI is InChI=1S/C12H12BrN3/c1-4-10-11(13)16-6-7(2)9(5-14)8(3)12(16)15-10/h6H,4H2,1-3H3. The summed E-state index contributed by atoms with van der Waals surface area (Å²) < 4.78 is 2.99. The molecule has 0 aliphatic carbocycles. The van der Waals surface area contributed by atoms with E-state index in [1.165, 1.54) is 0 Å². The van der Waals surface area contributed by atoms with Crippen LogP contribution in [0.25, 0.3) is 5.65 Å². The van der Waals surface area contributed by atoms with Crippen molar-refractivity contribution in [2.75, 3.05) is 0 Å². The van der Waals surface area contributed by atoms with Crippen molar-refractivity contribution in [3.8, 4) is 6.07 Å². The third kappa shape index (κ3) is 1.43. The highest BCUT2D eigenvalue weighted by molar-refractivity contribution is 9.10. The van der Waals surface area contributed by atoms with Crippen molar-refractivity contribution in [2.45, 2.75) is 27.2 Å². The molecular weight excluding hydrogens is 266 g/mol. The van der Waals surface area contributed by atoms with E-state index in [0.29, 0.717) is 0 Å². The van der Waals surface area contributed by atoms with E-state index in [1.807, 2.05) is 24.4 Å². The Balaban J connectivity index is 2.92. The minimum atomic E-state index is 0.729. The molecule has 0 amide bonds. The molecule has 0 aromatic carbocycles. The molecule has 2 heterocycles. The van der Waals surface area contributed by atoms with Gasteiger partial charge in [-0.1, -0.05) is 6.92 Å². The summed E-state index contributed by atoms with van der Waals surface area (Å²) in [6.45, 7) is 5.96. The van der Waals surface area contributed by atoms with Crippen LogP contribution in [0.15, 0.2) is 10.8 Å². The molecule has 4 heteroatoms. The van der Waals surface area contributed by atoms with Crippen LogP contribution in [0.2, 0.25) is 0 Å². The number of fused-ring (bicyclic) bond motifs is 1. The number of aryl methyl sites for hydroxylation is 3. The summed E-state index contributed by atoms with van der Waals surface area (Å²) in [5, 5.41) is 9.09. The zero-order chi connectivity index (χ0) is 11.9. The first-order chi connectivity index (χ1) is 7.60. The molecule has 16 heavy (non-hydrogen) atoms. The number of halogens is 1. The molecule has 3 nitrogen and oxygen atoms in total. The summed E-state index contributed by atoms with van der Waals surface area (Å²) in [5.74, 6) is 0. The molecule has 2 aromatic heterocycles. The molecule has 0 N–H and O–H groups in total. The van der Waals surface area contributed by atoms with Crippen LogP contribution in [0.4, 0.5) is 0 Å². The summed E-state index contributed by atoms with van der Waals surface area (Å²) in [6.07, 6.45) is 2.83. The average Bonchev–Trinajstić information content (AvgIpc) is 2.57. The zero-order valence-electron chi connectivity index (χ0n) is 9.50. The molecule has 0 aliphatic rings. The predicted octanol–water partition coefficient (Wildman–Crippen LogP) is 3.15. The molecule has 0 saturated heterocycles. The third-order valence-corrected chi connectivity index (χ3v) is 3.63. The van der Waals surface area contributed by atoms with E-state index in [0.717, 1.165) is 39.1 Å². The van der Waals surface area contributed by atoms with Gasteiger partial charge in [0.05, 0.1) is 17.3 Å². The summed E-state index contributed by atoms with van der Waals surface area (Å²) in [6, 6.07) is 2.23. The van der Waals surface area contributed by atoms with Crippen LogP contribution < -0.4 is 0 Å². The second-order valence-corrected chi connectivity index (χ2v) is 4.57. The summed E-state index contributed by atoms with van der Waals surface area (Å²) in [7, 11) is 0. The van der Waals surface area contributed by atoms with Crippen LogP contribution in [0.5, 0.6) is 0 Å². The average molecular weight is 278 g/mol. The Hall–Kier alpha value is -1.34. The van der Waals surface area contributed by atoms with Gasteiger partial charge in [0.15, 0.2) is 0 Å². The smallest absolute Gasteiger partial charge is 0.142 e. The maximum Gasteiger partial charge on any atom is 0.142 e. The first-order valence-corrected chi connectivity index (χ1v) is 5.96. The van der Waals surface area contributed by atoms with Crippen molar-refractivity contribution in [3.63, 3.8) is 0 Å². The Kier molecular flexibility index (Phi) is 2.73. The molecule has 2 aromatic rings. The minimum Gasteiger partial charge on any atom is -0.293 e. The summed E-state index contributed by atoms with van der Waals surface area (Å²) in [4.78, 5) is 4.54. The molecule has 2 rings (SSSR count). The zero-order valence-corrected chi connectivity index (χ0v) is 11.1. The second-order valence-electron chi connectivity index (χ2n) is 3.82. The van der Waals surface area contributed by atoms with Gasteiger partial charge in [-0.2, -0.15) is 5.26 Å². The Morgan fingerprint density at radius 3 is 2.75 bits per heavy atom. The maximum absolute atomic E-state index is 9.09. The van der Waals surface area contributed by atoms with Crippen LogP contribution in [0.1, 0.15) is 29.3 Å². The van der Waals surface area contributed by atoms with Gasteiger partial charge in [0.1, 0.15) is 10.3 Å². The van der Waals surface area contributed by atoms with E-state index in [1.54, 1.807) is 0 Å². The number of aromatic nitrogens is 2. The first-order valence-electron chi connectivity index (χ1n) is 5.16. The lowest BCUT2D eigenvalue weighted by Crippen LogP contribution is -1.96. The fraction of sp³-hybridized carbons (Fsp3) is 0.333. The van der Waals surface area contributed by atoms with E-state index in [9.17, 15) is 0 Å². The molecule has 0 fully saturated rings. The molecular formula is C12H12BrN3. The highest BCUT2D eigenvalue weighted by Crippen LogP contribution is 2.25.